The molecule has 9 heteroatoms. The van der Waals surface area contributed by atoms with Crippen molar-refractivity contribution in [3.8, 4) is 0 Å². The number of carboxylic acid groups (broad SMARTS) is 1. The summed E-state index contributed by atoms with van der Waals surface area (Å²) in [5.41, 5.74) is 0. The number of unbranched alkanes of at least 4 members (excludes halogenated alkanes) is 35. The fourth-order valence-electron chi connectivity index (χ4n) is 10.9. The number of rotatable bonds is 72. The van der Waals surface area contributed by atoms with Gasteiger partial charge in [-0.05, 0) is 116 Å². The summed E-state index contributed by atoms with van der Waals surface area (Å²) in [5, 5.41) is 9.77. The van der Waals surface area contributed by atoms with Crippen LogP contribution in [-0.2, 0) is 33.3 Å². The van der Waals surface area contributed by atoms with Crippen LogP contribution in [0, 0.1) is 0 Å². The van der Waals surface area contributed by atoms with Crippen LogP contribution in [0.5, 0.6) is 0 Å². The Morgan fingerprint density at radius 2 is 0.600 bits per heavy atom. The zero-order chi connectivity index (χ0) is 69.0. The van der Waals surface area contributed by atoms with Gasteiger partial charge in [-0.25, -0.2) is 4.79 Å². The number of carboxylic acids is 1. The molecule has 0 radical (unpaired) electrons. The van der Waals surface area contributed by atoms with Crippen LogP contribution in [0.25, 0.3) is 0 Å². The molecule has 0 fully saturated rings. The number of carbonyl (C=O) groups excluding carboxylic acids is 2. The molecule has 0 aliphatic heterocycles. The van der Waals surface area contributed by atoms with E-state index in [-0.39, 0.29) is 32.2 Å². The third-order valence-electron chi connectivity index (χ3n) is 16.9. The highest BCUT2D eigenvalue weighted by atomic mass is 16.7. The minimum Gasteiger partial charge on any atom is -0.477 e. The van der Waals surface area contributed by atoms with Crippen LogP contribution in [0.4, 0.5) is 0 Å². The molecule has 0 aromatic heterocycles. The van der Waals surface area contributed by atoms with E-state index in [9.17, 15) is 19.5 Å². The van der Waals surface area contributed by atoms with Crippen LogP contribution in [0.2, 0.25) is 0 Å². The zero-order valence-corrected chi connectivity index (χ0v) is 62.3. The first kappa shape index (κ1) is 90.4. The van der Waals surface area contributed by atoms with Gasteiger partial charge in [-0.15, -0.1) is 0 Å². The molecule has 0 aromatic carbocycles. The number of allylic oxidation sites excluding steroid dienone is 22. The lowest BCUT2D eigenvalue weighted by atomic mass is 10.0. The summed E-state index contributed by atoms with van der Waals surface area (Å²) in [6, 6.07) is 0. The first-order chi connectivity index (χ1) is 46.6. The summed E-state index contributed by atoms with van der Waals surface area (Å²) in [6.07, 6.45) is 106. The predicted molar refractivity (Wildman–Crippen MR) is 410 cm³/mol. The fraction of sp³-hybridized carbons (Fsp3) is 0.709. The topological polar surface area (TPSA) is 108 Å². The van der Waals surface area contributed by atoms with Crippen LogP contribution < -0.4 is 0 Å². The number of quaternary nitrogens is 1. The molecule has 9 nitrogen and oxygen atoms in total. The normalized spacial score (nSPS) is 13.4. The molecule has 0 aromatic rings. The molecule has 0 saturated heterocycles. The average molecular weight is 1320 g/mol. The fourth-order valence-corrected chi connectivity index (χ4v) is 10.9. The van der Waals surface area contributed by atoms with Gasteiger partial charge in [0.1, 0.15) is 13.2 Å². The van der Waals surface area contributed by atoms with E-state index in [1.807, 2.05) is 21.1 Å². The van der Waals surface area contributed by atoms with E-state index < -0.39 is 24.3 Å². The lowest BCUT2D eigenvalue weighted by Crippen LogP contribution is -2.40. The first-order valence-electron chi connectivity index (χ1n) is 39.3. The van der Waals surface area contributed by atoms with Crippen LogP contribution in [0.15, 0.2) is 134 Å². The van der Waals surface area contributed by atoms with Crippen molar-refractivity contribution in [1.82, 2.24) is 0 Å². The Kier molecular flexibility index (Phi) is 71.6. The first-order valence-corrected chi connectivity index (χ1v) is 39.3. The predicted octanol–water partition coefficient (Wildman–Crippen LogP) is 25.3. The maximum absolute atomic E-state index is 13.0. The smallest absolute Gasteiger partial charge is 0.361 e. The van der Waals surface area contributed by atoms with Gasteiger partial charge in [0.05, 0.1) is 34.4 Å². The molecule has 2 unspecified atom stereocenters. The standard InChI is InChI=1S/C86H147NO8/c1-6-8-10-12-14-16-18-20-22-24-26-28-30-32-34-36-37-38-39-40-41-42-43-44-45-46-47-49-51-53-55-57-59-61-63-65-67-69-71-73-75-77-84(89)95-82(81-94-86(85(90)91)92-79-78-87(3,4)5)80-93-83(88)76-74-72-70-68-66-64-62-60-58-56-54-52-50-48-35-33-31-29-27-25-23-21-19-17-15-13-11-9-7-2/h8,10,14,16,19-22,25-28,31-34,37-38,40-41,43-44,82,86H,6-7,9,11-13,15,17-18,23-24,29-30,35-36,39,42,45-81H2,1-5H3/p+1/b10-8-,16-14-,21-19-,22-20-,27-25-,28-26-,33-31-,34-32-,38-37-,41-40-,44-43-. The summed E-state index contributed by atoms with van der Waals surface area (Å²) >= 11 is 0. The highest BCUT2D eigenvalue weighted by Gasteiger charge is 2.25. The second-order valence-corrected chi connectivity index (χ2v) is 27.3. The summed E-state index contributed by atoms with van der Waals surface area (Å²) in [5.74, 6) is -2.00. The molecule has 2 atom stereocenters. The number of nitrogens with zero attached hydrogens (tertiary/aromatic N) is 1. The van der Waals surface area contributed by atoms with Crippen LogP contribution in [-0.4, -0.2) is 87.4 Å². The highest BCUT2D eigenvalue weighted by Crippen LogP contribution is 2.18. The summed E-state index contributed by atoms with van der Waals surface area (Å²) < 4.78 is 23.0. The minimum atomic E-state index is -1.52. The largest absolute Gasteiger partial charge is 0.477 e. The van der Waals surface area contributed by atoms with E-state index in [0.29, 0.717) is 17.4 Å². The van der Waals surface area contributed by atoms with Crippen molar-refractivity contribution in [2.24, 2.45) is 0 Å². The minimum absolute atomic E-state index is 0.184. The number of aliphatic carboxylic acids is 1. The maximum atomic E-state index is 13.0. The van der Waals surface area contributed by atoms with E-state index in [4.69, 9.17) is 18.9 Å². The van der Waals surface area contributed by atoms with Gasteiger partial charge in [-0.2, -0.15) is 0 Å². The Morgan fingerprint density at radius 3 is 0.895 bits per heavy atom. The van der Waals surface area contributed by atoms with Gasteiger partial charge in [0.25, 0.3) is 6.29 Å². The lowest BCUT2D eigenvalue weighted by molar-refractivity contribution is -0.870. The van der Waals surface area contributed by atoms with Gasteiger partial charge in [-0.1, -0.05) is 340 Å². The van der Waals surface area contributed by atoms with E-state index in [1.54, 1.807) is 0 Å². The van der Waals surface area contributed by atoms with E-state index in [2.05, 4.69) is 148 Å². The lowest BCUT2D eigenvalue weighted by Gasteiger charge is -2.25. The Hall–Kier alpha value is -4.57. The van der Waals surface area contributed by atoms with Crippen LogP contribution >= 0.6 is 0 Å². The molecule has 0 spiro atoms. The van der Waals surface area contributed by atoms with Gasteiger partial charge < -0.3 is 28.5 Å². The average Bonchev–Trinajstić information content (AvgIpc) is 3.54. The molecule has 0 aliphatic rings. The van der Waals surface area contributed by atoms with Crippen LogP contribution in [0.3, 0.4) is 0 Å². The van der Waals surface area contributed by atoms with Crippen LogP contribution in [0.1, 0.15) is 335 Å². The van der Waals surface area contributed by atoms with E-state index >= 15 is 0 Å². The zero-order valence-electron chi connectivity index (χ0n) is 62.3. The van der Waals surface area contributed by atoms with Crippen molar-refractivity contribution in [1.29, 1.82) is 0 Å². The molecular weight excluding hydrogens is 1170 g/mol. The Labute approximate surface area is 586 Å². The summed E-state index contributed by atoms with van der Waals surface area (Å²) in [7, 11) is 5.98. The second-order valence-electron chi connectivity index (χ2n) is 27.3. The van der Waals surface area contributed by atoms with Crippen molar-refractivity contribution < 1.29 is 42.9 Å². The van der Waals surface area contributed by atoms with Crippen molar-refractivity contribution in [3.63, 3.8) is 0 Å². The molecule has 0 heterocycles. The van der Waals surface area contributed by atoms with Gasteiger partial charge in [0.15, 0.2) is 6.10 Å². The van der Waals surface area contributed by atoms with E-state index in [0.717, 1.165) is 103 Å². The van der Waals surface area contributed by atoms with Crippen molar-refractivity contribution >= 4 is 17.9 Å². The molecule has 1 N–H and O–H groups in total. The number of hydrogen-bond donors (Lipinski definition) is 1. The molecule has 0 saturated carbocycles. The van der Waals surface area contributed by atoms with Crippen molar-refractivity contribution in [3.05, 3.63) is 134 Å². The molecule has 0 aliphatic carbocycles. The Morgan fingerprint density at radius 1 is 0.326 bits per heavy atom. The van der Waals surface area contributed by atoms with Gasteiger partial charge >= 0.3 is 17.9 Å². The molecule has 0 amide bonds. The highest BCUT2D eigenvalue weighted by molar-refractivity contribution is 5.71. The van der Waals surface area contributed by atoms with Crippen molar-refractivity contribution in [2.45, 2.75) is 347 Å². The van der Waals surface area contributed by atoms with Gasteiger partial charge in [-0.3, -0.25) is 9.59 Å². The monoisotopic (exact) mass is 1320 g/mol. The number of ether oxygens (including phenoxy) is 4. The third kappa shape index (κ3) is 76.7. The SMILES string of the molecule is CC/C=C\C/C=C\C/C=C\C/C=C\C/C=C\C/C=C\C/C=C\C/C=C\CCCCCCCCCCCCCCCCCCC(=O)OC(COC(=O)CCCCCCCCCCCCCCCC/C=C\C/C=C\C/C=C\CCCCCCC)COC(OCC[N+](C)(C)C)C(=O)O. The van der Waals surface area contributed by atoms with Crippen molar-refractivity contribution in [2.75, 3.05) is 47.5 Å². The Bertz CT molecular complexity index is 2030. The molecule has 0 rings (SSSR count). The molecule has 0 bridgehead atoms. The van der Waals surface area contributed by atoms with E-state index in [1.165, 1.54) is 205 Å². The molecular formula is C86H148NO8+. The number of likely N-dealkylation sites (N-methyl/N-ethyl adjacent to an activating group) is 1. The summed E-state index contributed by atoms with van der Waals surface area (Å²) in [4.78, 5) is 37.7. The molecule has 544 valence electrons. The number of hydrogen-bond acceptors (Lipinski definition) is 7. The quantitative estimate of drug-likeness (QED) is 0.0211. The summed E-state index contributed by atoms with van der Waals surface area (Å²) in [6.45, 7) is 4.78. The number of carbonyl (C=O) groups is 3. The van der Waals surface area contributed by atoms with Gasteiger partial charge in [0, 0.05) is 12.8 Å². The maximum Gasteiger partial charge on any atom is 0.361 e. The Balaban J connectivity index is 4.05. The number of esters is 2. The second kappa shape index (κ2) is 75.2. The van der Waals surface area contributed by atoms with Gasteiger partial charge in [0.2, 0.25) is 0 Å². The third-order valence-corrected chi connectivity index (χ3v) is 16.9. The molecule has 95 heavy (non-hydrogen) atoms.